The minimum atomic E-state index is 1.11. The second-order valence-corrected chi connectivity index (χ2v) is 6.66. The SMILES string of the molecule is Cc1c(-c2ccccc2)c(Br)cc(Br)c1-c1ccccc1. The molecule has 0 aromatic heterocycles. The molecule has 0 spiro atoms. The standard InChI is InChI=1S/C19H14Br2/c1-13-18(14-8-4-2-5-9-14)16(20)12-17(21)19(13)15-10-6-3-7-11-15/h2-12H,1H3. The van der Waals surface area contributed by atoms with Gasteiger partial charge in [0.05, 0.1) is 0 Å². The average Bonchev–Trinajstić information content (AvgIpc) is 2.49. The van der Waals surface area contributed by atoms with Gasteiger partial charge in [-0.15, -0.1) is 0 Å². The third-order valence-corrected chi connectivity index (χ3v) is 4.86. The number of rotatable bonds is 2. The molecule has 21 heavy (non-hydrogen) atoms. The zero-order valence-electron chi connectivity index (χ0n) is 11.6. The Labute approximate surface area is 142 Å². The molecule has 3 aromatic rings. The maximum Gasteiger partial charge on any atom is 0.0268 e. The van der Waals surface area contributed by atoms with Gasteiger partial charge < -0.3 is 0 Å². The van der Waals surface area contributed by atoms with Gasteiger partial charge in [-0.25, -0.2) is 0 Å². The highest BCUT2D eigenvalue weighted by molar-refractivity contribution is 9.11. The summed E-state index contributed by atoms with van der Waals surface area (Å²) in [6, 6.07) is 23.1. The van der Waals surface area contributed by atoms with E-state index in [2.05, 4.69) is 93.4 Å². The fraction of sp³-hybridized carbons (Fsp3) is 0.0526. The minimum absolute atomic E-state index is 1.11. The molecule has 0 amide bonds. The van der Waals surface area contributed by atoms with Crippen LogP contribution >= 0.6 is 31.9 Å². The van der Waals surface area contributed by atoms with E-state index in [1.165, 1.54) is 27.8 Å². The van der Waals surface area contributed by atoms with Crippen molar-refractivity contribution in [3.8, 4) is 22.3 Å². The molecular formula is C19H14Br2. The molecule has 3 rings (SSSR count). The summed E-state index contributed by atoms with van der Waals surface area (Å²) >= 11 is 7.42. The van der Waals surface area contributed by atoms with Crippen LogP contribution in [-0.2, 0) is 0 Å². The van der Waals surface area contributed by atoms with E-state index in [0.717, 1.165) is 8.95 Å². The van der Waals surface area contributed by atoms with E-state index in [4.69, 9.17) is 0 Å². The Bertz CT molecular complexity index is 699. The van der Waals surface area contributed by atoms with Gasteiger partial charge in [0.25, 0.3) is 0 Å². The Kier molecular flexibility index (Phi) is 4.27. The van der Waals surface area contributed by atoms with Crippen LogP contribution in [0.25, 0.3) is 22.3 Å². The predicted molar refractivity (Wildman–Crippen MR) is 97.5 cm³/mol. The first kappa shape index (κ1) is 14.6. The van der Waals surface area contributed by atoms with Crippen molar-refractivity contribution in [1.82, 2.24) is 0 Å². The van der Waals surface area contributed by atoms with Crippen LogP contribution in [0.4, 0.5) is 0 Å². The van der Waals surface area contributed by atoms with Crippen molar-refractivity contribution in [2.24, 2.45) is 0 Å². The normalized spacial score (nSPS) is 10.6. The molecule has 0 fully saturated rings. The van der Waals surface area contributed by atoms with E-state index >= 15 is 0 Å². The Balaban J connectivity index is 2.29. The molecule has 0 aliphatic rings. The molecule has 0 atom stereocenters. The van der Waals surface area contributed by atoms with Gasteiger partial charge in [0.15, 0.2) is 0 Å². The van der Waals surface area contributed by atoms with Gasteiger partial charge in [-0.2, -0.15) is 0 Å². The van der Waals surface area contributed by atoms with Crippen molar-refractivity contribution >= 4 is 31.9 Å². The van der Waals surface area contributed by atoms with Crippen LogP contribution in [-0.4, -0.2) is 0 Å². The zero-order valence-corrected chi connectivity index (χ0v) is 14.8. The topological polar surface area (TPSA) is 0 Å². The van der Waals surface area contributed by atoms with E-state index in [1.807, 2.05) is 12.1 Å². The number of benzene rings is 3. The lowest BCUT2D eigenvalue weighted by molar-refractivity contribution is 1.41. The minimum Gasteiger partial charge on any atom is -0.0622 e. The second-order valence-electron chi connectivity index (χ2n) is 4.95. The number of hydrogen-bond acceptors (Lipinski definition) is 0. The Hall–Kier alpha value is -1.38. The summed E-state index contributed by atoms with van der Waals surface area (Å²) < 4.78 is 2.22. The monoisotopic (exact) mass is 400 g/mol. The highest BCUT2D eigenvalue weighted by Gasteiger charge is 2.15. The van der Waals surface area contributed by atoms with Crippen molar-refractivity contribution in [1.29, 1.82) is 0 Å². The summed E-state index contributed by atoms with van der Waals surface area (Å²) in [5, 5.41) is 0. The fourth-order valence-corrected chi connectivity index (χ4v) is 4.47. The Morgan fingerprint density at radius 1 is 0.619 bits per heavy atom. The maximum absolute atomic E-state index is 3.71. The van der Waals surface area contributed by atoms with E-state index in [1.54, 1.807) is 0 Å². The zero-order chi connectivity index (χ0) is 14.8. The smallest absolute Gasteiger partial charge is 0.0268 e. The van der Waals surface area contributed by atoms with Gasteiger partial charge in [0, 0.05) is 8.95 Å². The van der Waals surface area contributed by atoms with Gasteiger partial charge in [0.1, 0.15) is 0 Å². The van der Waals surface area contributed by atoms with E-state index in [-0.39, 0.29) is 0 Å². The van der Waals surface area contributed by atoms with Crippen LogP contribution in [0.1, 0.15) is 5.56 Å². The van der Waals surface area contributed by atoms with Crippen molar-refractivity contribution in [2.75, 3.05) is 0 Å². The van der Waals surface area contributed by atoms with Gasteiger partial charge in [-0.05, 0) is 40.8 Å². The van der Waals surface area contributed by atoms with Gasteiger partial charge >= 0.3 is 0 Å². The Morgan fingerprint density at radius 2 is 1.00 bits per heavy atom. The summed E-state index contributed by atoms with van der Waals surface area (Å²) in [7, 11) is 0. The molecule has 0 unspecified atom stereocenters. The van der Waals surface area contributed by atoms with E-state index in [0.29, 0.717) is 0 Å². The summed E-state index contributed by atoms with van der Waals surface area (Å²) in [6.07, 6.45) is 0. The van der Waals surface area contributed by atoms with E-state index < -0.39 is 0 Å². The van der Waals surface area contributed by atoms with Gasteiger partial charge in [-0.3, -0.25) is 0 Å². The van der Waals surface area contributed by atoms with Crippen LogP contribution in [0.5, 0.6) is 0 Å². The van der Waals surface area contributed by atoms with Crippen LogP contribution in [0.2, 0.25) is 0 Å². The summed E-state index contributed by atoms with van der Waals surface area (Å²) in [5.74, 6) is 0. The van der Waals surface area contributed by atoms with Gasteiger partial charge in [0.2, 0.25) is 0 Å². The summed E-state index contributed by atoms with van der Waals surface area (Å²) in [4.78, 5) is 0. The quantitative estimate of drug-likeness (QED) is 0.440. The lowest BCUT2D eigenvalue weighted by Crippen LogP contribution is -1.92. The third kappa shape index (κ3) is 2.83. The third-order valence-electron chi connectivity index (χ3n) is 3.61. The maximum atomic E-state index is 3.71. The molecule has 2 heteroatoms. The van der Waals surface area contributed by atoms with Crippen molar-refractivity contribution in [3.63, 3.8) is 0 Å². The molecular weight excluding hydrogens is 388 g/mol. The molecule has 0 saturated carbocycles. The second kappa shape index (κ2) is 6.17. The first-order valence-electron chi connectivity index (χ1n) is 6.78. The molecule has 0 aliphatic heterocycles. The molecule has 0 bridgehead atoms. The highest BCUT2D eigenvalue weighted by Crippen LogP contribution is 2.41. The summed E-state index contributed by atoms with van der Waals surface area (Å²) in [5.41, 5.74) is 6.22. The van der Waals surface area contributed by atoms with Crippen LogP contribution in [0.3, 0.4) is 0 Å². The molecule has 0 N–H and O–H groups in total. The average molecular weight is 402 g/mol. The highest BCUT2D eigenvalue weighted by atomic mass is 79.9. The Morgan fingerprint density at radius 3 is 1.38 bits per heavy atom. The van der Waals surface area contributed by atoms with Gasteiger partial charge in [-0.1, -0.05) is 92.5 Å². The van der Waals surface area contributed by atoms with Crippen LogP contribution in [0, 0.1) is 6.92 Å². The number of halogens is 2. The number of hydrogen-bond donors (Lipinski definition) is 0. The lowest BCUT2D eigenvalue weighted by atomic mass is 9.93. The van der Waals surface area contributed by atoms with E-state index in [9.17, 15) is 0 Å². The first-order valence-corrected chi connectivity index (χ1v) is 8.36. The molecule has 0 radical (unpaired) electrons. The van der Waals surface area contributed by atoms with Crippen molar-refractivity contribution in [2.45, 2.75) is 6.92 Å². The largest absolute Gasteiger partial charge is 0.0622 e. The van der Waals surface area contributed by atoms with Crippen LogP contribution < -0.4 is 0 Å². The molecule has 0 nitrogen and oxygen atoms in total. The van der Waals surface area contributed by atoms with Crippen molar-refractivity contribution < 1.29 is 0 Å². The molecule has 0 heterocycles. The summed E-state index contributed by atoms with van der Waals surface area (Å²) in [6.45, 7) is 2.18. The predicted octanol–water partition coefficient (Wildman–Crippen LogP) is 6.85. The fourth-order valence-electron chi connectivity index (χ4n) is 2.66. The molecule has 104 valence electrons. The van der Waals surface area contributed by atoms with Crippen molar-refractivity contribution in [3.05, 3.63) is 81.2 Å². The van der Waals surface area contributed by atoms with Crippen LogP contribution in [0.15, 0.2) is 75.7 Å². The lowest BCUT2D eigenvalue weighted by Gasteiger charge is -2.16. The molecule has 0 saturated heterocycles. The first-order chi connectivity index (χ1) is 10.2. The molecule has 3 aromatic carbocycles. The molecule has 0 aliphatic carbocycles.